The monoisotopic (exact) mass is 212 g/mol. The zero-order chi connectivity index (χ0) is 11.1. The largest absolute Gasteiger partial charge is 0.314 e. The van der Waals surface area contributed by atoms with Crippen molar-refractivity contribution in [1.29, 1.82) is 0 Å². The molecule has 0 aromatic carbocycles. The van der Waals surface area contributed by atoms with Gasteiger partial charge in [-0.3, -0.25) is 0 Å². The summed E-state index contributed by atoms with van der Waals surface area (Å²) in [6.07, 6.45) is 6.97. The average molecular weight is 212 g/mol. The minimum atomic E-state index is 0.631. The fourth-order valence-electron chi connectivity index (χ4n) is 2.34. The molecule has 1 aliphatic rings. The van der Waals surface area contributed by atoms with Crippen LogP contribution in [0.4, 0.5) is 0 Å². The molecule has 1 aliphatic heterocycles. The maximum absolute atomic E-state index is 3.49. The van der Waals surface area contributed by atoms with Crippen molar-refractivity contribution in [2.24, 2.45) is 0 Å². The third-order valence-electron chi connectivity index (χ3n) is 3.37. The van der Waals surface area contributed by atoms with Gasteiger partial charge in [0.1, 0.15) is 0 Å². The van der Waals surface area contributed by atoms with E-state index in [1.807, 2.05) is 0 Å². The van der Waals surface area contributed by atoms with Gasteiger partial charge in [0, 0.05) is 12.1 Å². The maximum atomic E-state index is 3.49. The molecule has 0 aromatic heterocycles. The minimum Gasteiger partial charge on any atom is -0.314 e. The lowest BCUT2D eigenvalue weighted by Gasteiger charge is -2.26. The number of nitrogens with zero attached hydrogens (tertiary/aromatic N) is 1. The molecule has 1 N–H and O–H groups in total. The Bertz CT molecular complexity index is 157. The lowest BCUT2D eigenvalue weighted by atomic mass is 10.1. The molecule has 1 rings (SSSR count). The molecule has 0 radical (unpaired) electrons. The highest BCUT2D eigenvalue weighted by Crippen LogP contribution is 2.16. The van der Waals surface area contributed by atoms with E-state index in [1.165, 1.54) is 51.7 Å². The van der Waals surface area contributed by atoms with Crippen molar-refractivity contribution in [2.45, 2.75) is 65.0 Å². The second-order valence-electron chi connectivity index (χ2n) is 5.20. The second kappa shape index (κ2) is 7.24. The summed E-state index contributed by atoms with van der Waals surface area (Å²) in [7, 11) is 0. The van der Waals surface area contributed by atoms with Gasteiger partial charge in [-0.25, -0.2) is 0 Å². The Morgan fingerprint density at radius 1 is 1.27 bits per heavy atom. The second-order valence-corrected chi connectivity index (χ2v) is 5.20. The SMILES string of the molecule is CC(C)NCCCN1CCCCCC1C. The quantitative estimate of drug-likeness (QED) is 0.705. The lowest BCUT2D eigenvalue weighted by Crippen LogP contribution is -2.35. The van der Waals surface area contributed by atoms with Crippen LogP contribution in [-0.2, 0) is 0 Å². The molecule has 1 saturated heterocycles. The molecule has 1 fully saturated rings. The van der Waals surface area contributed by atoms with Crippen LogP contribution >= 0.6 is 0 Å². The van der Waals surface area contributed by atoms with E-state index in [-0.39, 0.29) is 0 Å². The summed E-state index contributed by atoms with van der Waals surface area (Å²) >= 11 is 0. The summed E-state index contributed by atoms with van der Waals surface area (Å²) in [6, 6.07) is 1.44. The van der Waals surface area contributed by atoms with Crippen LogP contribution in [0.2, 0.25) is 0 Å². The Hall–Kier alpha value is -0.0800. The molecular formula is C13H28N2. The highest BCUT2D eigenvalue weighted by atomic mass is 15.1. The van der Waals surface area contributed by atoms with Gasteiger partial charge in [0.15, 0.2) is 0 Å². The van der Waals surface area contributed by atoms with Crippen LogP contribution in [0.3, 0.4) is 0 Å². The topological polar surface area (TPSA) is 15.3 Å². The first-order chi connectivity index (χ1) is 7.20. The Kier molecular flexibility index (Phi) is 6.26. The minimum absolute atomic E-state index is 0.631. The van der Waals surface area contributed by atoms with Gasteiger partial charge >= 0.3 is 0 Å². The zero-order valence-corrected chi connectivity index (χ0v) is 10.8. The molecule has 0 bridgehead atoms. The van der Waals surface area contributed by atoms with Crippen molar-refractivity contribution < 1.29 is 0 Å². The van der Waals surface area contributed by atoms with Crippen LogP contribution in [0.25, 0.3) is 0 Å². The van der Waals surface area contributed by atoms with Gasteiger partial charge in [0.05, 0.1) is 0 Å². The lowest BCUT2D eigenvalue weighted by molar-refractivity contribution is 0.210. The first kappa shape index (κ1) is 13.0. The number of likely N-dealkylation sites (tertiary alicyclic amines) is 1. The first-order valence-electron chi connectivity index (χ1n) is 6.67. The standard InChI is InChI=1S/C13H28N2/c1-12(2)14-9-7-11-15-10-6-4-5-8-13(15)3/h12-14H,4-11H2,1-3H3. The van der Waals surface area contributed by atoms with Gasteiger partial charge in [-0.1, -0.05) is 26.7 Å². The van der Waals surface area contributed by atoms with Crippen molar-refractivity contribution in [2.75, 3.05) is 19.6 Å². The Morgan fingerprint density at radius 3 is 2.80 bits per heavy atom. The van der Waals surface area contributed by atoms with E-state index in [0.29, 0.717) is 6.04 Å². The van der Waals surface area contributed by atoms with Gasteiger partial charge in [-0.2, -0.15) is 0 Å². The summed E-state index contributed by atoms with van der Waals surface area (Å²) in [4.78, 5) is 2.68. The Morgan fingerprint density at radius 2 is 2.07 bits per heavy atom. The third-order valence-corrected chi connectivity index (χ3v) is 3.37. The van der Waals surface area contributed by atoms with E-state index in [4.69, 9.17) is 0 Å². The normalized spacial score (nSPS) is 24.4. The van der Waals surface area contributed by atoms with Crippen molar-refractivity contribution in [3.63, 3.8) is 0 Å². The predicted molar refractivity (Wildman–Crippen MR) is 67.3 cm³/mol. The molecule has 1 heterocycles. The third kappa shape index (κ3) is 5.53. The molecule has 90 valence electrons. The number of nitrogens with one attached hydrogen (secondary N) is 1. The maximum Gasteiger partial charge on any atom is 0.00669 e. The summed E-state index contributed by atoms with van der Waals surface area (Å²) in [5, 5.41) is 3.49. The molecular weight excluding hydrogens is 184 g/mol. The van der Waals surface area contributed by atoms with E-state index in [2.05, 4.69) is 31.0 Å². The average Bonchev–Trinajstić information content (AvgIpc) is 2.38. The zero-order valence-electron chi connectivity index (χ0n) is 10.8. The van der Waals surface area contributed by atoms with E-state index in [1.54, 1.807) is 0 Å². The highest BCUT2D eigenvalue weighted by molar-refractivity contribution is 4.71. The van der Waals surface area contributed by atoms with Crippen LogP contribution in [0.1, 0.15) is 52.9 Å². The van der Waals surface area contributed by atoms with E-state index in [0.717, 1.165) is 6.04 Å². The molecule has 2 nitrogen and oxygen atoms in total. The highest BCUT2D eigenvalue weighted by Gasteiger charge is 2.15. The summed E-state index contributed by atoms with van der Waals surface area (Å²) in [5.74, 6) is 0. The first-order valence-corrected chi connectivity index (χ1v) is 6.67. The smallest absolute Gasteiger partial charge is 0.00669 e. The van der Waals surface area contributed by atoms with Crippen LogP contribution in [0.5, 0.6) is 0 Å². The summed E-state index contributed by atoms with van der Waals surface area (Å²) in [5.41, 5.74) is 0. The molecule has 0 aliphatic carbocycles. The van der Waals surface area contributed by atoms with Crippen LogP contribution in [0, 0.1) is 0 Å². The van der Waals surface area contributed by atoms with E-state index < -0.39 is 0 Å². The molecule has 0 aromatic rings. The molecule has 0 saturated carbocycles. The fourth-order valence-corrected chi connectivity index (χ4v) is 2.34. The Balaban J connectivity index is 2.12. The van der Waals surface area contributed by atoms with E-state index >= 15 is 0 Å². The van der Waals surface area contributed by atoms with Gasteiger partial charge in [0.25, 0.3) is 0 Å². The molecule has 15 heavy (non-hydrogen) atoms. The van der Waals surface area contributed by atoms with Crippen LogP contribution in [0.15, 0.2) is 0 Å². The molecule has 1 unspecified atom stereocenters. The van der Waals surface area contributed by atoms with Crippen molar-refractivity contribution in [1.82, 2.24) is 10.2 Å². The molecule has 2 heteroatoms. The van der Waals surface area contributed by atoms with Crippen LogP contribution < -0.4 is 5.32 Å². The van der Waals surface area contributed by atoms with Crippen molar-refractivity contribution >= 4 is 0 Å². The predicted octanol–water partition coefficient (Wildman–Crippen LogP) is 2.64. The summed E-state index contributed by atoms with van der Waals surface area (Å²) < 4.78 is 0. The van der Waals surface area contributed by atoms with Gasteiger partial charge in [-0.15, -0.1) is 0 Å². The number of rotatable bonds is 5. The Labute approximate surface area is 95.4 Å². The number of hydrogen-bond donors (Lipinski definition) is 1. The fraction of sp³-hybridized carbons (Fsp3) is 1.00. The van der Waals surface area contributed by atoms with Crippen LogP contribution in [-0.4, -0.2) is 36.6 Å². The molecule has 0 spiro atoms. The molecule has 0 amide bonds. The van der Waals surface area contributed by atoms with Crippen molar-refractivity contribution in [3.05, 3.63) is 0 Å². The van der Waals surface area contributed by atoms with E-state index in [9.17, 15) is 0 Å². The van der Waals surface area contributed by atoms with Gasteiger partial charge in [-0.05, 0) is 45.8 Å². The molecule has 1 atom stereocenters. The van der Waals surface area contributed by atoms with Gasteiger partial charge in [0.2, 0.25) is 0 Å². The number of hydrogen-bond acceptors (Lipinski definition) is 2. The van der Waals surface area contributed by atoms with Crippen molar-refractivity contribution in [3.8, 4) is 0 Å². The van der Waals surface area contributed by atoms with Gasteiger partial charge < -0.3 is 10.2 Å². The summed E-state index contributed by atoms with van der Waals surface area (Å²) in [6.45, 7) is 10.6.